The molecule has 1 N–H and O–H groups in total. The van der Waals surface area contributed by atoms with E-state index in [2.05, 4.69) is 31.5 Å². The molecule has 0 unspecified atom stereocenters. The van der Waals surface area contributed by atoms with E-state index in [9.17, 15) is 0 Å². The molecule has 0 radical (unpaired) electrons. The molecule has 2 aromatic rings. The topological polar surface area (TPSA) is 53.9 Å². The van der Waals surface area contributed by atoms with Gasteiger partial charge in [-0.2, -0.15) is 5.10 Å². The lowest BCUT2D eigenvalue weighted by atomic mass is 10.00. The Bertz CT molecular complexity index is 607. The summed E-state index contributed by atoms with van der Waals surface area (Å²) in [6.45, 7) is 4.17. The van der Waals surface area contributed by atoms with Crippen LogP contribution in [0, 0.1) is 5.92 Å². The highest BCUT2D eigenvalue weighted by Crippen LogP contribution is 2.26. The Morgan fingerprint density at radius 3 is 3.10 bits per heavy atom. The summed E-state index contributed by atoms with van der Waals surface area (Å²) in [5, 5.41) is 12.3. The number of anilines is 1. The van der Waals surface area contributed by atoms with Gasteiger partial charge in [-0.3, -0.25) is 4.98 Å². The van der Waals surface area contributed by atoms with Crippen molar-refractivity contribution in [2.75, 3.05) is 24.5 Å². The highest BCUT2D eigenvalue weighted by molar-refractivity contribution is 7.09. The summed E-state index contributed by atoms with van der Waals surface area (Å²) >= 11 is 1.71. The van der Waals surface area contributed by atoms with E-state index in [1.807, 2.05) is 11.7 Å². The number of hydrogen-bond donors (Lipinski definition) is 1. The Balaban J connectivity index is 1.25. The standard InChI is InChI=1S/C15H19N5S/c1-2-12-4-15(19-18-14(12)3-1)20-8-11(9-20)5-16-6-13-7-17-10-21-13/h4,7,10-11,16H,1-3,5-6,8-9H2. The maximum absolute atomic E-state index is 4.38. The van der Waals surface area contributed by atoms with Crippen LogP contribution in [-0.2, 0) is 19.4 Å². The van der Waals surface area contributed by atoms with Crippen LogP contribution >= 0.6 is 11.3 Å². The molecule has 1 saturated heterocycles. The summed E-state index contributed by atoms with van der Waals surface area (Å²) < 4.78 is 0. The molecule has 21 heavy (non-hydrogen) atoms. The fourth-order valence-corrected chi connectivity index (χ4v) is 3.65. The molecule has 110 valence electrons. The SMILES string of the molecule is c1ncc(CNCC2CN(c3cc4c(nn3)CCC4)C2)s1. The van der Waals surface area contributed by atoms with Crippen LogP contribution in [0.4, 0.5) is 5.82 Å². The van der Waals surface area contributed by atoms with Crippen LogP contribution in [-0.4, -0.2) is 34.8 Å². The van der Waals surface area contributed by atoms with Crippen LogP contribution in [0.3, 0.4) is 0 Å². The van der Waals surface area contributed by atoms with Gasteiger partial charge in [-0.15, -0.1) is 16.4 Å². The molecule has 1 fully saturated rings. The normalized spacial score (nSPS) is 17.8. The van der Waals surface area contributed by atoms with Gasteiger partial charge in [0.1, 0.15) is 0 Å². The van der Waals surface area contributed by atoms with Gasteiger partial charge in [0.15, 0.2) is 5.82 Å². The van der Waals surface area contributed by atoms with Crippen molar-refractivity contribution in [2.45, 2.75) is 25.8 Å². The highest BCUT2D eigenvalue weighted by atomic mass is 32.1. The molecule has 6 heteroatoms. The second-order valence-electron chi connectivity index (χ2n) is 5.90. The van der Waals surface area contributed by atoms with Gasteiger partial charge in [0.25, 0.3) is 0 Å². The molecule has 0 bridgehead atoms. The van der Waals surface area contributed by atoms with E-state index in [-0.39, 0.29) is 0 Å². The van der Waals surface area contributed by atoms with Gasteiger partial charge in [0, 0.05) is 43.2 Å². The van der Waals surface area contributed by atoms with E-state index in [1.54, 1.807) is 11.3 Å². The lowest BCUT2D eigenvalue weighted by molar-refractivity contribution is 0.382. The Morgan fingerprint density at radius 1 is 1.29 bits per heavy atom. The van der Waals surface area contributed by atoms with Crippen molar-refractivity contribution in [1.82, 2.24) is 20.5 Å². The van der Waals surface area contributed by atoms with E-state index in [1.165, 1.54) is 29.0 Å². The summed E-state index contributed by atoms with van der Waals surface area (Å²) in [5.41, 5.74) is 4.50. The van der Waals surface area contributed by atoms with Crippen molar-refractivity contribution in [3.8, 4) is 0 Å². The maximum Gasteiger partial charge on any atom is 0.151 e. The number of rotatable bonds is 5. The molecule has 2 aliphatic rings. The highest BCUT2D eigenvalue weighted by Gasteiger charge is 2.28. The fourth-order valence-electron chi connectivity index (χ4n) is 3.09. The van der Waals surface area contributed by atoms with Gasteiger partial charge >= 0.3 is 0 Å². The quantitative estimate of drug-likeness (QED) is 0.910. The molecule has 5 nitrogen and oxygen atoms in total. The molecule has 1 aliphatic heterocycles. The number of hydrogen-bond acceptors (Lipinski definition) is 6. The number of fused-ring (bicyclic) bond motifs is 1. The third kappa shape index (κ3) is 2.78. The summed E-state index contributed by atoms with van der Waals surface area (Å²) in [5.74, 6) is 1.78. The molecule has 4 rings (SSSR count). The minimum atomic E-state index is 0.716. The molecule has 0 saturated carbocycles. The first-order valence-electron chi connectivity index (χ1n) is 7.57. The molecule has 3 heterocycles. The van der Waals surface area contributed by atoms with E-state index >= 15 is 0 Å². The van der Waals surface area contributed by atoms with E-state index in [4.69, 9.17) is 0 Å². The first-order chi connectivity index (χ1) is 10.4. The smallest absolute Gasteiger partial charge is 0.151 e. The zero-order valence-corrected chi connectivity index (χ0v) is 12.8. The summed E-state index contributed by atoms with van der Waals surface area (Å²) in [6.07, 6.45) is 5.45. The largest absolute Gasteiger partial charge is 0.354 e. The predicted molar refractivity (Wildman–Crippen MR) is 83.6 cm³/mol. The first-order valence-corrected chi connectivity index (χ1v) is 8.45. The fraction of sp³-hybridized carbons (Fsp3) is 0.533. The molecule has 2 aromatic heterocycles. The van der Waals surface area contributed by atoms with Crippen LogP contribution in [0.2, 0.25) is 0 Å². The maximum atomic E-state index is 4.38. The average Bonchev–Trinajstić information content (AvgIpc) is 3.11. The van der Waals surface area contributed by atoms with Crippen LogP contribution in [0.1, 0.15) is 22.6 Å². The summed E-state index contributed by atoms with van der Waals surface area (Å²) in [4.78, 5) is 7.73. The van der Waals surface area contributed by atoms with Crippen molar-refractivity contribution in [1.29, 1.82) is 0 Å². The molecule has 0 aromatic carbocycles. The van der Waals surface area contributed by atoms with Crippen molar-refractivity contribution >= 4 is 17.2 Å². The van der Waals surface area contributed by atoms with Crippen molar-refractivity contribution in [3.05, 3.63) is 33.9 Å². The van der Waals surface area contributed by atoms with Crippen molar-refractivity contribution in [2.24, 2.45) is 5.92 Å². The second kappa shape index (κ2) is 5.69. The number of thiazole rings is 1. The minimum Gasteiger partial charge on any atom is -0.354 e. The Hall–Kier alpha value is -1.53. The molecule has 0 amide bonds. The molecular weight excluding hydrogens is 282 g/mol. The van der Waals surface area contributed by atoms with Crippen LogP contribution in [0.5, 0.6) is 0 Å². The lowest BCUT2D eigenvalue weighted by Gasteiger charge is -2.40. The van der Waals surface area contributed by atoms with Gasteiger partial charge in [0.05, 0.1) is 11.2 Å². The van der Waals surface area contributed by atoms with E-state index < -0.39 is 0 Å². The average molecular weight is 301 g/mol. The molecular formula is C15H19N5S. The van der Waals surface area contributed by atoms with Gasteiger partial charge in [-0.1, -0.05) is 0 Å². The third-order valence-electron chi connectivity index (χ3n) is 4.30. The van der Waals surface area contributed by atoms with Gasteiger partial charge < -0.3 is 10.2 Å². The zero-order valence-electron chi connectivity index (χ0n) is 12.0. The number of nitrogens with one attached hydrogen (secondary N) is 1. The third-order valence-corrected chi connectivity index (χ3v) is 5.08. The predicted octanol–water partition coefficient (Wildman–Crippen LogP) is 1.65. The Labute approximate surface area is 128 Å². The van der Waals surface area contributed by atoms with Crippen LogP contribution in [0.15, 0.2) is 17.8 Å². The zero-order chi connectivity index (χ0) is 14.1. The van der Waals surface area contributed by atoms with E-state index in [0.717, 1.165) is 38.4 Å². The molecule has 1 aliphatic carbocycles. The van der Waals surface area contributed by atoms with Crippen LogP contribution < -0.4 is 10.2 Å². The van der Waals surface area contributed by atoms with Crippen molar-refractivity contribution in [3.63, 3.8) is 0 Å². The monoisotopic (exact) mass is 301 g/mol. The molecule has 0 atom stereocenters. The van der Waals surface area contributed by atoms with Crippen molar-refractivity contribution < 1.29 is 0 Å². The molecule has 0 spiro atoms. The number of nitrogens with zero attached hydrogens (tertiary/aromatic N) is 4. The Kier molecular flexibility index (Phi) is 3.57. The second-order valence-corrected chi connectivity index (χ2v) is 6.87. The lowest BCUT2D eigenvalue weighted by Crippen LogP contribution is -2.51. The Morgan fingerprint density at radius 2 is 2.24 bits per heavy atom. The summed E-state index contributed by atoms with van der Waals surface area (Å²) in [6, 6.07) is 2.25. The van der Waals surface area contributed by atoms with Gasteiger partial charge in [-0.25, -0.2) is 0 Å². The van der Waals surface area contributed by atoms with Gasteiger partial charge in [-0.05, 0) is 30.9 Å². The minimum absolute atomic E-state index is 0.716. The van der Waals surface area contributed by atoms with E-state index in [0.29, 0.717) is 5.92 Å². The number of aromatic nitrogens is 3. The van der Waals surface area contributed by atoms with Gasteiger partial charge in [0.2, 0.25) is 0 Å². The first kappa shape index (κ1) is 13.2. The number of aryl methyl sites for hydroxylation is 2. The summed E-state index contributed by atoms with van der Waals surface area (Å²) in [7, 11) is 0. The van der Waals surface area contributed by atoms with Crippen LogP contribution in [0.25, 0.3) is 0 Å².